The number of aryl methyl sites for hydroxylation is 1. The van der Waals surface area contributed by atoms with Crippen molar-refractivity contribution >= 4 is 33.2 Å². The van der Waals surface area contributed by atoms with Crippen LogP contribution in [-0.2, 0) is 21.2 Å². The number of benzene rings is 2. The SMILES string of the molecule is COc1ccc2c(c1)CCCC2NC(=O)CN(c1cccc(Cl)c1C)S(C)(=O)=O. The van der Waals surface area contributed by atoms with Crippen LogP contribution in [-0.4, -0.2) is 34.2 Å². The average Bonchev–Trinajstić information content (AvgIpc) is 2.67. The minimum atomic E-state index is -3.67. The van der Waals surface area contributed by atoms with Gasteiger partial charge in [0.05, 0.1) is 25.1 Å². The Hall–Kier alpha value is -2.25. The zero-order valence-corrected chi connectivity index (χ0v) is 18.3. The second-order valence-corrected chi connectivity index (χ2v) is 9.54. The molecule has 0 fully saturated rings. The second-order valence-electron chi connectivity index (χ2n) is 7.23. The predicted molar refractivity (Wildman–Crippen MR) is 115 cm³/mol. The van der Waals surface area contributed by atoms with Crippen LogP contribution in [0.4, 0.5) is 5.69 Å². The Labute approximate surface area is 176 Å². The van der Waals surface area contributed by atoms with Crippen LogP contribution >= 0.6 is 11.6 Å². The molecule has 1 atom stereocenters. The molecule has 2 aromatic rings. The van der Waals surface area contributed by atoms with Crippen molar-refractivity contribution in [2.75, 3.05) is 24.2 Å². The number of halogens is 1. The summed E-state index contributed by atoms with van der Waals surface area (Å²) >= 11 is 6.15. The highest BCUT2D eigenvalue weighted by molar-refractivity contribution is 7.92. The van der Waals surface area contributed by atoms with Gasteiger partial charge in [-0.2, -0.15) is 0 Å². The van der Waals surface area contributed by atoms with E-state index < -0.39 is 10.0 Å². The van der Waals surface area contributed by atoms with Crippen molar-refractivity contribution in [3.05, 3.63) is 58.1 Å². The van der Waals surface area contributed by atoms with E-state index in [0.717, 1.165) is 46.7 Å². The molecule has 2 aromatic carbocycles. The summed E-state index contributed by atoms with van der Waals surface area (Å²) in [5.74, 6) is 0.430. The molecule has 1 aliphatic rings. The van der Waals surface area contributed by atoms with E-state index in [0.29, 0.717) is 16.3 Å². The Morgan fingerprint density at radius 2 is 2.07 bits per heavy atom. The Bertz CT molecular complexity index is 1020. The summed E-state index contributed by atoms with van der Waals surface area (Å²) in [6.45, 7) is 1.43. The van der Waals surface area contributed by atoms with Crippen LogP contribution in [0, 0.1) is 6.92 Å². The van der Waals surface area contributed by atoms with Crippen LogP contribution in [0.3, 0.4) is 0 Å². The lowest BCUT2D eigenvalue weighted by atomic mass is 9.87. The van der Waals surface area contributed by atoms with E-state index in [9.17, 15) is 13.2 Å². The van der Waals surface area contributed by atoms with Crippen LogP contribution in [0.25, 0.3) is 0 Å². The number of methoxy groups -OCH3 is 1. The lowest BCUT2D eigenvalue weighted by molar-refractivity contribution is -0.120. The van der Waals surface area contributed by atoms with Gasteiger partial charge in [-0.15, -0.1) is 0 Å². The number of carbonyl (C=O) groups is 1. The predicted octanol–water partition coefficient (Wildman–Crippen LogP) is 3.62. The van der Waals surface area contributed by atoms with Crippen molar-refractivity contribution in [1.29, 1.82) is 0 Å². The highest BCUT2D eigenvalue weighted by atomic mass is 35.5. The van der Waals surface area contributed by atoms with Crippen LogP contribution < -0.4 is 14.4 Å². The largest absolute Gasteiger partial charge is 0.497 e. The molecule has 0 saturated carbocycles. The van der Waals surface area contributed by atoms with Crippen LogP contribution in [0.2, 0.25) is 5.02 Å². The number of carbonyl (C=O) groups excluding carboxylic acids is 1. The third-order valence-corrected chi connectivity index (χ3v) is 6.73. The minimum Gasteiger partial charge on any atom is -0.497 e. The van der Waals surface area contributed by atoms with Crippen molar-refractivity contribution in [2.45, 2.75) is 32.2 Å². The van der Waals surface area contributed by atoms with E-state index in [4.69, 9.17) is 16.3 Å². The third-order valence-electron chi connectivity index (χ3n) is 5.20. The Morgan fingerprint density at radius 3 is 2.76 bits per heavy atom. The quantitative estimate of drug-likeness (QED) is 0.750. The van der Waals surface area contributed by atoms with Gasteiger partial charge in [0.2, 0.25) is 15.9 Å². The molecule has 0 spiro atoms. The van der Waals surface area contributed by atoms with Gasteiger partial charge in [-0.05, 0) is 67.1 Å². The highest BCUT2D eigenvalue weighted by Crippen LogP contribution is 2.32. The van der Waals surface area contributed by atoms with Gasteiger partial charge in [0.1, 0.15) is 12.3 Å². The van der Waals surface area contributed by atoms with Crippen molar-refractivity contribution in [2.24, 2.45) is 0 Å². The fourth-order valence-electron chi connectivity index (χ4n) is 3.69. The summed E-state index contributed by atoms with van der Waals surface area (Å²) in [4.78, 5) is 12.8. The molecule has 0 aromatic heterocycles. The molecule has 3 rings (SSSR count). The number of hydrogen-bond donors (Lipinski definition) is 1. The van der Waals surface area contributed by atoms with Gasteiger partial charge in [0.15, 0.2) is 0 Å². The average molecular weight is 437 g/mol. The summed E-state index contributed by atoms with van der Waals surface area (Å²) in [6.07, 6.45) is 3.76. The molecule has 0 aliphatic heterocycles. The Morgan fingerprint density at radius 1 is 1.31 bits per heavy atom. The second kappa shape index (κ2) is 8.63. The molecule has 0 heterocycles. The van der Waals surface area contributed by atoms with Gasteiger partial charge in [-0.3, -0.25) is 9.10 Å². The van der Waals surface area contributed by atoms with Gasteiger partial charge < -0.3 is 10.1 Å². The fourth-order valence-corrected chi connectivity index (χ4v) is 4.76. The monoisotopic (exact) mass is 436 g/mol. The topological polar surface area (TPSA) is 75.7 Å². The maximum Gasteiger partial charge on any atom is 0.241 e. The smallest absolute Gasteiger partial charge is 0.241 e. The summed E-state index contributed by atoms with van der Waals surface area (Å²) in [5, 5.41) is 3.45. The zero-order valence-electron chi connectivity index (χ0n) is 16.7. The molecule has 0 bridgehead atoms. The van der Waals surface area contributed by atoms with E-state index in [1.54, 1.807) is 32.2 Å². The lowest BCUT2D eigenvalue weighted by Crippen LogP contribution is -2.42. The normalized spacial score (nSPS) is 16.1. The van der Waals surface area contributed by atoms with Gasteiger partial charge in [0, 0.05) is 5.02 Å². The Balaban J connectivity index is 1.81. The first-order chi connectivity index (χ1) is 13.7. The molecule has 6 nitrogen and oxygen atoms in total. The number of nitrogens with zero attached hydrogens (tertiary/aromatic N) is 1. The molecule has 0 radical (unpaired) electrons. The molecular formula is C21H25ClN2O4S. The number of nitrogens with one attached hydrogen (secondary N) is 1. The zero-order chi connectivity index (χ0) is 21.2. The maximum atomic E-state index is 12.8. The van der Waals surface area contributed by atoms with Crippen molar-refractivity contribution in [1.82, 2.24) is 5.32 Å². The van der Waals surface area contributed by atoms with Gasteiger partial charge in [-0.25, -0.2) is 8.42 Å². The number of amides is 1. The Kier molecular flexibility index (Phi) is 6.39. The van der Waals surface area contributed by atoms with E-state index in [1.165, 1.54) is 0 Å². The first-order valence-electron chi connectivity index (χ1n) is 9.39. The minimum absolute atomic E-state index is 0.154. The molecular weight excluding hydrogens is 412 g/mol. The molecule has 1 unspecified atom stereocenters. The van der Waals surface area contributed by atoms with E-state index >= 15 is 0 Å². The van der Waals surface area contributed by atoms with Gasteiger partial charge in [0.25, 0.3) is 0 Å². The third kappa shape index (κ3) is 4.85. The van der Waals surface area contributed by atoms with Crippen LogP contribution in [0.1, 0.15) is 35.6 Å². The number of fused-ring (bicyclic) bond motifs is 1. The van der Waals surface area contributed by atoms with Crippen LogP contribution in [0.5, 0.6) is 5.75 Å². The van der Waals surface area contributed by atoms with E-state index in [-0.39, 0.29) is 18.5 Å². The lowest BCUT2D eigenvalue weighted by Gasteiger charge is -2.29. The summed E-state index contributed by atoms with van der Waals surface area (Å²) in [6, 6.07) is 10.7. The summed E-state index contributed by atoms with van der Waals surface area (Å²) in [7, 11) is -2.04. The summed E-state index contributed by atoms with van der Waals surface area (Å²) < 4.78 is 31.1. The van der Waals surface area contributed by atoms with E-state index in [2.05, 4.69) is 5.32 Å². The molecule has 0 saturated heterocycles. The first-order valence-corrected chi connectivity index (χ1v) is 11.6. The standard InChI is InChI=1S/C21H25ClN2O4S/c1-14-18(22)7-5-9-20(14)24(29(3,26)27)13-21(25)23-19-8-4-6-15-12-16(28-2)10-11-17(15)19/h5,7,9-12,19H,4,6,8,13H2,1-3H3,(H,23,25). The van der Waals surface area contributed by atoms with Gasteiger partial charge in [-0.1, -0.05) is 23.7 Å². The highest BCUT2D eigenvalue weighted by Gasteiger charge is 2.26. The van der Waals surface area contributed by atoms with Crippen molar-refractivity contribution < 1.29 is 17.9 Å². The number of hydrogen-bond acceptors (Lipinski definition) is 4. The fraction of sp³-hybridized carbons (Fsp3) is 0.381. The molecule has 1 amide bonds. The molecule has 1 N–H and O–H groups in total. The van der Waals surface area contributed by atoms with Crippen molar-refractivity contribution in [3.63, 3.8) is 0 Å². The number of sulfonamides is 1. The maximum absolute atomic E-state index is 12.8. The molecule has 156 valence electrons. The van der Waals surface area contributed by atoms with Gasteiger partial charge >= 0.3 is 0 Å². The van der Waals surface area contributed by atoms with Crippen LogP contribution in [0.15, 0.2) is 36.4 Å². The molecule has 1 aliphatic carbocycles. The van der Waals surface area contributed by atoms with E-state index in [1.807, 2.05) is 18.2 Å². The van der Waals surface area contributed by atoms with Crippen molar-refractivity contribution in [3.8, 4) is 5.75 Å². The number of ether oxygens (including phenoxy) is 1. The number of anilines is 1. The molecule has 29 heavy (non-hydrogen) atoms. The number of rotatable bonds is 6. The summed E-state index contributed by atoms with van der Waals surface area (Å²) in [5.41, 5.74) is 3.22. The first kappa shape index (κ1) is 21.5. The molecule has 8 heteroatoms.